The zero-order chi connectivity index (χ0) is 18.1. The van der Waals surface area contributed by atoms with Crippen LogP contribution in [0.15, 0.2) is 17.0 Å². The van der Waals surface area contributed by atoms with Crippen molar-refractivity contribution in [2.45, 2.75) is 32.6 Å². The van der Waals surface area contributed by atoms with Crippen molar-refractivity contribution in [1.82, 2.24) is 9.21 Å². The van der Waals surface area contributed by atoms with E-state index in [9.17, 15) is 13.2 Å². The van der Waals surface area contributed by atoms with Crippen LogP contribution in [0.4, 0.5) is 0 Å². The number of rotatable bonds is 4. The number of aryl methyl sites for hydroxylation is 2. The molecule has 1 amide bonds. The SMILES string of the molecule is COc1c(C)cc(C)cc1S(=O)(=O)N1CCN(C(=O)C(C)C)CC1. The first-order valence-electron chi connectivity index (χ1n) is 8.12. The Morgan fingerprint density at radius 2 is 1.71 bits per heavy atom. The molecule has 0 N–H and O–H groups in total. The van der Waals surface area contributed by atoms with Crippen molar-refractivity contribution in [2.75, 3.05) is 33.3 Å². The van der Waals surface area contributed by atoms with E-state index in [1.54, 1.807) is 11.0 Å². The maximum atomic E-state index is 13.0. The second kappa shape index (κ2) is 7.11. The molecule has 7 heteroatoms. The van der Waals surface area contributed by atoms with E-state index in [2.05, 4.69) is 0 Å². The number of hydrogen-bond donors (Lipinski definition) is 0. The molecule has 1 saturated heterocycles. The molecule has 134 valence electrons. The Morgan fingerprint density at radius 1 is 1.12 bits per heavy atom. The fourth-order valence-electron chi connectivity index (χ4n) is 3.02. The minimum Gasteiger partial charge on any atom is -0.495 e. The van der Waals surface area contributed by atoms with Crippen LogP contribution in [0.5, 0.6) is 5.75 Å². The Hall–Kier alpha value is -1.60. The number of benzene rings is 1. The molecule has 1 aromatic rings. The number of sulfonamides is 1. The third-order valence-corrected chi connectivity index (χ3v) is 6.16. The van der Waals surface area contributed by atoms with E-state index in [4.69, 9.17) is 4.74 Å². The summed E-state index contributed by atoms with van der Waals surface area (Å²) in [5, 5.41) is 0. The Morgan fingerprint density at radius 3 is 2.21 bits per heavy atom. The number of hydrogen-bond acceptors (Lipinski definition) is 4. The number of nitrogens with zero attached hydrogens (tertiary/aromatic N) is 2. The topological polar surface area (TPSA) is 66.9 Å². The standard InChI is InChI=1S/C17H26N2O4S/c1-12(2)17(20)18-6-8-19(9-7-18)24(21,22)15-11-13(3)10-14(4)16(15)23-5/h10-12H,6-9H2,1-5H3. The highest BCUT2D eigenvalue weighted by atomic mass is 32.2. The molecule has 24 heavy (non-hydrogen) atoms. The van der Waals surface area contributed by atoms with Crippen molar-refractivity contribution in [1.29, 1.82) is 0 Å². The van der Waals surface area contributed by atoms with E-state index in [1.807, 2.05) is 33.8 Å². The van der Waals surface area contributed by atoms with E-state index in [0.717, 1.165) is 11.1 Å². The van der Waals surface area contributed by atoms with Crippen LogP contribution < -0.4 is 4.74 Å². The summed E-state index contributed by atoms with van der Waals surface area (Å²) in [4.78, 5) is 14.0. The van der Waals surface area contributed by atoms with Crippen molar-refractivity contribution in [2.24, 2.45) is 5.92 Å². The number of carbonyl (C=O) groups is 1. The summed E-state index contributed by atoms with van der Waals surface area (Å²) in [5.41, 5.74) is 1.67. The molecule has 0 aromatic heterocycles. The monoisotopic (exact) mass is 354 g/mol. The molecule has 6 nitrogen and oxygen atoms in total. The number of piperazine rings is 1. The molecular formula is C17H26N2O4S. The molecule has 0 aliphatic carbocycles. The van der Waals surface area contributed by atoms with Gasteiger partial charge in [-0.1, -0.05) is 19.9 Å². The van der Waals surface area contributed by atoms with Crippen LogP contribution in [0.2, 0.25) is 0 Å². The predicted molar refractivity (Wildman–Crippen MR) is 92.6 cm³/mol. The van der Waals surface area contributed by atoms with E-state index >= 15 is 0 Å². The van der Waals surface area contributed by atoms with E-state index in [-0.39, 0.29) is 16.7 Å². The van der Waals surface area contributed by atoms with Gasteiger partial charge in [0.15, 0.2) is 0 Å². The first-order chi connectivity index (χ1) is 11.2. The third kappa shape index (κ3) is 3.57. The summed E-state index contributed by atoms with van der Waals surface area (Å²) in [7, 11) is -2.17. The predicted octanol–water partition coefficient (Wildman–Crippen LogP) is 1.80. The second-order valence-electron chi connectivity index (χ2n) is 6.50. The molecule has 0 unspecified atom stereocenters. The summed E-state index contributed by atoms with van der Waals surface area (Å²) in [6.45, 7) is 8.85. The van der Waals surface area contributed by atoms with E-state index in [1.165, 1.54) is 11.4 Å². The van der Waals surface area contributed by atoms with Crippen LogP contribution in [0.1, 0.15) is 25.0 Å². The van der Waals surface area contributed by atoms with Crippen molar-refractivity contribution in [3.05, 3.63) is 23.3 Å². The lowest BCUT2D eigenvalue weighted by molar-refractivity contribution is -0.135. The van der Waals surface area contributed by atoms with Gasteiger partial charge in [-0.15, -0.1) is 0 Å². The van der Waals surface area contributed by atoms with Crippen LogP contribution in [0, 0.1) is 19.8 Å². The first-order valence-corrected chi connectivity index (χ1v) is 9.56. The molecule has 0 radical (unpaired) electrons. The molecule has 0 saturated carbocycles. The summed E-state index contributed by atoms with van der Waals surface area (Å²) in [6, 6.07) is 3.55. The summed E-state index contributed by atoms with van der Waals surface area (Å²) in [6.07, 6.45) is 0. The maximum absolute atomic E-state index is 13.0. The van der Waals surface area contributed by atoms with E-state index < -0.39 is 10.0 Å². The minimum atomic E-state index is -3.65. The fourth-order valence-corrected chi connectivity index (χ4v) is 4.76. The zero-order valence-corrected chi connectivity index (χ0v) is 15.8. The molecule has 1 fully saturated rings. The Labute approximate surface area is 144 Å². The van der Waals surface area contributed by atoms with Gasteiger partial charge in [-0.3, -0.25) is 4.79 Å². The molecule has 0 atom stereocenters. The Balaban J connectivity index is 2.26. The molecule has 1 aliphatic heterocycles. The quantitative estimate of drug-likeness (QED) is 0.827. The smallest absolute Gasteiger partial charge is 0.246 e. The highest BCUT2D eigenvalue weighted by Crippen LogP contribution is 2.31. The summed E-state index contributed by atoms with van der Waals surface area (Å²) >= 11 is 0. The van der Waals surface area contributed by atoms with Gasteiger partial charge < -0.3 is 9.64 Å². The molecule has 1 heterocycles. The minimum absolute atomic E-state index is 0.0658. The number of ether oxygens (including phenoxy) is 1. The largest absolute Gasteiger partial charge is 0.495 e. The van der Waals surface area contributed by atoms with Gasteiger partial charge in [-0.05, 0) is 31.0 Å². The van der Waals surface area contributed by atoms with Crippen LogP contribution in [-0.2, 0) is 14.8 Å². The lowest BCUT2D eigenvalue weighted by Crippen LogP contribution is -2.51. The third-order valence-electron chi connectivity index (χ3n) is 4.25. The van der Waals surface area contributed by atoms with Gasteiger partial charge >= 0.3 is 0 Å². The Bertz CT molecular complexity index is 720. The second-order valence-corrected chi connectivity index (χ2v) is 8.40. The maximum Gasteiger partial charge on any atom is 0.246 e. The normalized spacial score (nSPS) is 16.5. The van der Waals surface area contributed by atoms with Crippen LogP contribution in [0.3, 0.4) is 0 Å². The summed E-state index contributed by atoms with van der Waals surface area (Å²) < 4.78 is 32.8. The zero-order valence-electron chi connectivity index (χ0n) is 15.0. The van der Waals surface area contributed by atoms with Crippen molar-refractivity contribution in [3.63, 3.8) is 0 Å². The lowest BCUT2D eigenvalue weighted by Gasteiger charge is -2.35. The van der Waals surface area contributed by atoms with Crippen LogP contribution in [-0.4, -0.2) is 56.8 Å². The Kier molecular flexibility index (Phi) is 5.55. The molecule has 0 spiro atoms. The molecule has 1 aromatic carbocycles. The number of amides is 1. The molecule has 2 rings (SSSR count). The van der Waals surface area contributed by atoms with Gasteiger partial charge in [-0.2, -0.15) is 4.31 Å². The highest BCUT2D eigenvalue weighted by Gasteiger charge is 2.33. The molecule has 1 aliphatic rings. The van der Waals surface area contributed by atoms with E-state index in [0.29, 0.717) is 31.9 Å². The van der Waals surface area contributed by atoms with Gasteiger partial charge in [-0.25, -0.2) is 8.42 Å². The van der Waals surface area contributed by atoms with Crippen LogP contribution in [0.25, 0.3) is 0 Å². The van der Waals surface area contributed by atoms with Crippen molar-refractivity contribution in [3.8, 4) is 5.75 Å². The average Bonchev–Trinajstić information content (AvgIpc) is 2.53. The average molecular weight is 354 g/mol. The lowest BCUT2D eigenvalue weighted by atomic mass is 10.1. The fraction of sp³-hybridized carbons (Fsp3) is 0.588. The molecular weight excluding hydrogens is 328 g/mol. The van der Waals surface area contributed by atoms with Crippen molar-refractivity contribution < 1.29 is 17.9 Å². The first kappa shape index (κ1) is 18.7. The van der Waals surface area contributed by atoms with Crippen LogP contribution >= 0.6 is 0 Å². The van der Waals surface area contributed by atoms with Gasteiger partial charge in [0.25, 0.3) is 0 Å². The van der Waals surface area contributed by atoms with Gasteiger partial charge in [0.1, 0.15) is 10.6 Å². The number of methoxy groups -OCH3 is 1. The van der Waals surface area contributed by atoms with Crippen molar-refractivity contribution >= 4 is 15.9 Å². The summed E-state index contributed by atoms with van der Waals surface area (Å²) in [5.74, 6) is 0.380. The molecule has 0 bridgehead atoms. The van der Waals surface area contributed by atoms with Gasteiger partial charge in [0.2, 0.25) is 15.9 Å². The highest BCUT2D eigenvalue weighted by molar-refractivity contribution is 7.89. The van der Waals surface area contributed by atoms with Gasteiger partial charge in [0.05, 0.1) is 7.11 Å². The number of carbonyl (C=O) groups excluding carboxylic acids is 1. The van der Waals surface area contributed by atoms with Gasteiger partial charge in [0, 0.05) is 32.1 Å².